The number of nitrogens with zero attached hydrogens (tertiary/aromatic N) is 5. The van der Waals surface area contributed by atoms with Gasteiger partial charge in [-0.1, -0.05) is 0 Å². The molecule has 2 aromatic rings. The van der Waals surface area contributed by atoms with Gasteiger partial charge in [0.15, 0.2) is 5.69 Å². The molecule has 1 aliphatic rings. The molecule has 0 aromatic carbocycles. The van der Waals surface area contributed by atoms with Gasteiger partial charge in [-0.25, -0.2) is 23.4 Å². The van der Waals surface area contributed by atoms with Gasteiger partial charge in [-0.2, -0.15) is 10.4 Å². The predicted molar refractivity (Wildman–Crippen MR) is 84.0 cm³/mol. The summed E-state index contributed by atoms with van der Waals surface area (Å²) in [6.07, 6.45) is 3.34. The number of aryl methyl sites for hydroxylation is 2. The Kier molecular flexibility index (Phi) is 4.31. The van der Waals surface area contributed by atoms with Crippen LogP contribution in [0.3, 0.4) is 0 Å². The van der Waals surface area contributed by atoms with Gasteiger partial charge in [0.25, 0.3) is 5.95 Å². The molecular formula is C17H19F2N5. The summed E-state index contributed by atoms with van der Waals surface area (Å²) >= 11 is 0. The molecule has 0 N–H and O–H groups in total. The van der Waals surface area contributed by atoms with E-state index in [0.29, 0.717) is 30.9 Å². The maximum absolute atomic E-state index is 13.3. The Hall–Kier alpha value is -2.36. The van der Waals surface area contributed by atoms with Crippen molar-refractivity contribution in [3.63, 3.8) is 0 Å². The van der Waals surface area contributed by atoms with Crippen LogP contribution in [-0.4, -0.2) is 25.7 Å². The van der Waals surface area contributed by atoms with Crippen molar-refractivity contribution in [2.24, 2.45) is 5.92 Å². The van der Waals surface area contributed by atoms with E-state index in [1.807, 2.05) is 19.1 Å². The largest absolute Gasteiger partial charge is 0.251 e. The van der Waals surface area contributed by atoms with Crippen LogP contribution in [0.25, 0.3) is 5.95 Å². The summed E-state index contributed by atoms with van der Waals surface area (Å²) < 4.78 is 28.1. The lowest BCUT2D eigenvalue weighted by Crippen LogP contribution is -2.25. The fourth-order valence-corrected chi connectivity index (χ4v) is 3.10. The Labute approximate surface area is 139 Å². The standard InChI is InChI=1S/C17H19F2N5/c1-11-10-24(23-15(11)9-20)16-21-12(2)7-14(22-16)8-13-3-5-17(18,19)6-4-13/h7,10,13H,3-6,8H2,1-2H3. The van der Waals surface area contributed by atoms with Gasteiger partial charge < -0.3 is 0 Å². The number of alkyl halides is 2. The molecule has 3 rings (SSSR count). The maximum atomic E-state index is 13.3. The van der Waals surface area contributed by atoms with Crippen molar-refractivity contribution >= 4 is 0 Å². The van der Waals surface area contributed by atoms with Gasteiger partial charge in [0.1, 0.15) is 6.07 Å². The third kappa shape index (κ3) is 3.58. The normalized spacial score (nSPS) is 17.6. The van der Waals surface area contributed by atoms with E-state index >= 15 is 0 Å². The second-order valence-corrected chi connectivity index (χ2v) is 6.52. The average Bonchev–Trinajstić information content (AvgIpc) is 2.90. The maximum Gasteiger partial charge on any atom is 0.251 e. The molecule has 1 aliphatic carbocycles. The summed E-state index contributed by atoms with van der Waals surface area (Å²) in [4.78, 5) is 8.88. The second kappa shape index (κ2) is 6.27. The fourth-order valence-electron chi connectivity index (χ4n) is 3.10. The van der Waals surface area contributed by atoms with E-state index in [4.69, 9.17) is 5.26 Å². The smallest absolute Gasteiger partial charge is 0.216 e. The van der Waals surface area contributed by atoms with Crippen LogP contribution in [0.4, 0.5) is 8.78 Å². The number of rotatable bonds is 3. The number of nitriles is 1. The van der Waals surface area contributed by atoms with Crippen molar-refractivity contribution in [1.29, 1.82) is 5.26 Å². The molecule has 0 bridgehead atoms. The van der Waals surface area contributed by atoms with Gasteiger partial charge in [0.2, 0.25) is 5.92 Å². The monoisotopic (exact) mass is 331 g/mol. The summed E-state index contributed by atoms with van der Waals surface area (Å²) in [6, 6.07) is 3.92. The third-order valence-corrected chi connectivity index (χ3v) is 4.44. The molecule has 126 valence electrons. The summed E-state index contributed by atoms with van der Waals surface area (Å²) in [7, 11) is 0. The minimum Gasteiger partial charge on any atom is -0.216 e. The molecule has 0 amide bonds. The minimum atomic E-state index is -2.51. The Morgan fingerprint density at radius 2 is 2.00 bits per heavy atom. The van der Waals surface area contributed by atoms with Gasteiger partial charge in [-0.05, 0) is 45.1 Å². The topological polar surface area (TPSA) is 67.4 Å². The molecule has 0 atom stereocenters. The second-order valence-electron chi connectivity index (χ2n) is 6.52. The highest BCUT2D eigenvalue weighted by Gasteiger charge is 2.34. The first kappa shape index (κ1) is 16.5. The third-order valence-electron chi connectivity index (χ3n) is 4.44. The van der Waals surface area contributed by atoms with E-state index in [9.17, 15) is 8.78 Å². The van der Waals surface area contributed by atoms with Crippen LogP contribution < -0.4 is 0 Å². The molecule has 24 heavy (non-hydrogen) atoms. The summed E-state index contributed by atoms with van der Waals surface area (Å²) in [5.41, 5.74) is 2.73. The molecule has 2 heterocycles. The van der Waals surface area contributed by atoms with E-state index in [-0.39, 0.29) is 18.8 Å². The highest BCUT2D eigenvalue weighted by Crippen LogP contribution is 2.37. The Morgan fingerprint density at radius 1 is 1.29 bits per heavy atom. The van der Waals surface area contributed by atoms with Gasteiger partial charge in [-0.15, -0.1) is 0 Å². The Bertz CT molecular complexity index is 781. The molecule has 5 nitrogen and oxygen atoms in total. The SMILES string of the molecule is Cc1cc(CC2CCC(F)(F)CC2)nc(-n2cc(C)c(C#N)n2)n1. The molecule has 7 heteroatoms. The van der Waals surface area contributed by atoms with Crippen LogP contribution in [0.15, 0.2) is 12.3 Å². The van der Waals surface area contributed by atoms with Crippen molar-refractivity contribution in [2.45, 2.75) is 51.9 Å². The zero-order chi connectivity index (χ0) is 17.3. The first-order valence-corrected chi connectivity index (χ1v) is 8.05. The lowest BCUT2D eigenvalue weighted by Gasteiger charge is -2.28. The summed E-state index contributed by atoms with van der Waals surface area (Å²) in [6.45, 7) is 3.67. The highest BCUT2D eigenvalue weighted by molar-refractivity contribution is 5.30. The van der Waals surface area contributed by atoms with Crippen LogP contribution in [0.1, 0.15) is 48.3 Å². The van der Waals surface area contributed by atoms with Gasteiger partial charge >= 0.3 is 0 Å². The molecular weight excluding hydrogens is 312 g/mol. The molecule has 0 radical (unpaired) electrons. The lowest BCUT2D eigenvalue weighted by molar-refractivity contribution is -0.0457. The van der Waals surface area contributed by atoms with E-state index < -0.39 is 5.92 Å². The van der Waals surface area contributed by atoms with E-state index in [1.54, 1.807) is 13.1 Å². The lowest BCUT2D eigenvalue weighted by atomic mass is 9.84. The van der Waals surface area contributed by atoms with Crippen molar-refractivity contribution in [3.8, 4) is 12.0 Å². The summed E-state index contributed by atoms with van der Waals surface area (Å²) in [5.74, 6) is -1.87. The first-order chi connectivity index (χ1) is 11.4. The van der Waals surface area contributed by atoms with Crippen molar-refractivity contribution in [3.05, 3.63) is 34.9 Å². The number of hydrogen-bond donors (Lipinski definition) is 0. The van der Waals surface area contributed by atoms with Gasteiger partial charge in [-0.3, -0.25) is 0 Å². The Balaban J connectivity index is 1.80. The van der Waals surface area contributed by atoms with Crippen LogP contribution >= 0.6 is 0 Å². The van der Waals surface area contributed by atoms with E-state index in [2.05, 4.69) is 15.1 Å². The van der Waals surface area contributed by atoms with Crippen LogP contribution in [0, 0.1) is 31.1 Å². The van der Waals surface area contributed by atoms with Crippen LogP contribution in [0.5, 0.6) is 0 Å². The fraction of sp³-hybridized carbons (Fsp3) is 0.529. The van der Waals surface area contributed by atoms with E-state index in [1.165, 1.54) is 4.68 Å². The van der Waals surface area contributed by atoms with Crippen molar-refractivity contribution < 1.29 is 8.78 Å². The zero-order valence-electron chi connectivity index (χ0n) is 13.8. The average molecular weight is 331 g/mol. The molecule has 0 saturated heterocycles. The quantitative estimate of drug-likeness (QED) is 0.863. The van der Waals surface area contributed by atoms with E-state index in [0.717, 1.165) is 17.0 Å². The zero-order valence-corrected chi connectivity index (χ0v) is 13.8. The van der Waals surface area contributed by atoms with Gasteiger partial charge in [0.05, 0.1) is 0 Å². The number of hydrogen-bond acceptors (Lipinski definition) is 4. The van der Waals surface area contributed by atoms with Crippen LogP contribution in [-0.2, 0) is 6.42 Å². The molecule has 1 fully saturated rings. The van der Waals surface area contributed by atoms with Crippen LogP contribution in [0.2, 0.25) is 0 Å². The van der Waals surface area contributed by atoms with Crippen molar-refractivity contribution in [2.75, 3.05) is 0 Å². The summed E-state index contributed by atoms with van der Waals surface area (Å²) in [5, 5.41) is 13.2. The molecule has 2 aromatic heterocycles. The first-order valence-electron chi connectivity index (χ1n) is 8.05. The highest BCUT2D eigenvalue weighted by atomic mass is 19.3. The number of halogens is 2. The molecule has 0 aliphatic heterocycles. The van der Waals surface area contributed by atoms with Gasteiger partial charge in [0, 0.05) is 36.0 Å². The molecule has 0 spiro atoms. The molecule has 1 saturated carbocycles. The minimum absolute atomic E-state index is 0.0432. The predicted octanol–water partition coefficient (Wildman–Crippen LogP) is 3.52. The Morgan fingerprint density at radius 3 is 2.62 bits per heavy atom. The molecule has 0 unspecified atom stereocenters. The number of aromatic nitrogens is 4. The van der Waals surface area contributed by atoms with Crippen molar-refractivity contribution in [1.82, 2.24) is 19.7 Å².